The Hall–Kier alpha value is -3.33. The molecule has 0 bridgehead atoms. The fourth-order valence-electron chi connectivity index (χ4n) is 2.59. The minimum absolute atomic E-state index is 0.0169. The molecule has 0 fully saturated rings. The number of benzene rings is 1. The maximum Gasteiger partial charge on any atom is 0.311 e. The molecule has 144 valence electrons. The summed E-state index contributed by atoms with van der Waals surface area (Å²) in [6, 6.07) is 10.7. The monoisotopic (exact) mass is 377 g/mol. The van der Waals surface area contributed by atoms with Gasteiger partial charge in [0.15, 0.2) is 5.82 Å². The van der Waals surface area contributed by atoms with E-state index < -0.39 is 5.41 Å². The molecule has 6 heteroatoms. The molecule has 0 atom stereocenters. The minimum Gasteiger partial charge on any atom is -0.493 e. The fourth-order valence-corrected chi connectivity index (χ4v) is 2.59. The average molecular weight is 377 g/mol. The van der Waals surface area contributed by atoms with Crippen molar-refractivity contribution in [3.05, 3.63) is 53.0 Å². The van der Waals surface area contributed by atoms with Crippen LogP contribution in [0.1, 0.15) is 43.2 Å². The molecule has 1 N–H and O–H groups in total. The lowest BCUT2D eigenvalue weighted by atomic mass is 9.97. The molecule has 2 aliphatic rings. The molecule has 0 aromatic heterocycles. The Labute approximate surface area is 164 Å². The molecular weight excluding hydrogens is 354 g/mol. The summed E-state index contributed by atoms with van der Waals surface area (Å²) in [6.45, 7) is 9.19. The number of aromatic hydroxyl groups is 1. The van der Waals surface area contributed by atoms with Gasteiger partial charge < -0.3 is 9.84 Å². The van der Waals surface area contributed by atoms with E-state index in [4.69, 9.17) is 4.74 Å². The van der Waals surface area contributed by atoms with Crippen LogP contribution in [-0.2, 0) is 16.1 Å². The van der Waals surface area contributed by atoms with Crippen molar-refractivity contribution >= 4 is 5.97 Å². The Kier molecular flexibility index (Phi) is 5.10. The van der Waals surface area contributed by atoms with Gasteiger partial charge in [0.25, 0.3) is 0 Å². The zero-order valence-corrected chi connectivity index (χ0v) is 16.7. The Balaban J connectivity index is 1.95. The van der Waals surface area contributed by atoms with Crippen LogP contribution in [0.15, 0.2) is 30.6 Å². The lowest BCUT2D eigenvalue weighted by molar-refractivity contribution is -0.154. The molecule has 3 rings (SSSR count). The summed E-state index contributed by atoms with van der Waals surface area (Å²) in [4.78, 5) is 20.7. The third kappa shape index (κ3) is 3.99. The van der Waals surface area contributed by atoms with Crippen LogP contribution in [-0.4, -0.2) is 25.6 Å². The van der Waals surface area contributed by atoms with Crippen LogP contribution in [0, 0.1) is 31.2 Å². The van der Waals surface area contributed by atoms with Gasteiger partial charge in [-0.05, 0) is 52.7 Å². The standard InChI is InChI=1S/C22H23N3O3/c1-14-6-8-16(9-7-14)10-11-25-13-23-19-18(20(25)26)17(15(2)24-19)12-28-21(27)22(3,4)5/h6-9,13,26H,12H2,1-5H3. The number of esters is 1. The first-order chi connectivity index (χ1) is 13.2. The topological polar surface area (TPSA) is 77.2 Å². The predicted octanol–water partition coefficient (Wildman–Crippen LogP) is 3.65. The summed E-state index contributed by atoms with van der Waals surface area (Å²) in [6.07, 6.45) is 1.43. The number of hydrogen-bond acceptors (Lipinski definition) is 5. The summed E-state index contributed by atoms with van der Waals surface area (Å²) in [5, 5.41) is 10.7. The van der Waals surface area contributed by atoms with Gasteiger partial charge in [0.2, 0.25) is 5.88 Å². The van der Waals surface area contributed by atoms with Crippen molar-refractivity contribution in [2.24, 2.45) is 5.41 Å². The van der Waals surface area contributed by atoms with Gasteiger partial charge >= 0.3 is 5.97 Å². The second-order valence-corrected chi connectivity index (χ2v) is 7.74. The summed E-state index contributed by atoms with van der Waals surface area (Å²) >= 11 is 0. The van der Waals surface area contributed by atoms with E-state index in [0.29, 0.717) is 22.6 Å². The molecular formula is C22H23N3O3. The van der Waals surface area contributed by atoms with Gasteiger partial charge in [-0.2, -0.15) is 0 Å². The first-order valence-corrected chi connectivity index (χ1v) is 8.98. The molecule has 0 spiro atoms. The highest BCUT2D eigenvalue weighted by atomic mass is 16.5. The third-order valence-electron chi connectivity index (χ3n) is 4.32. The van der Waals surface area contributed by atoms with Gasteiger partial charge in [-0.1, -0.05) is 17.7 Å². The van der Waals surface area contributed by atoms with Crippen molar-refractivity contribution in [2.45, 2.75) is 41.2 Å². The van der Waals surface area contributed by atoms with Crippen molar-refractivity contribution in [1.82, 2.24) is 14.5 Å². The number of aryl methyl sites for hydroxylation is 2. The van der Waals surface area contributed by atoms with Crippen molar-refractivity contribution in [2.75, 3.05) is 0 Å². The second-order valence-electron chi connectivity index (χ2n) is 7.74. The highest BCUT2D eigenvalue weighted by molar-refractivity contribution is 5.76. The number of fused-ring (bicyclic) bond motifs is 1. The van der Waals surface area contributed by atoms with E-state index in [1.165, 1.54) is 10.9 Å². The van der Waals surface area contributed by atoms with Crippen molar-refractivity contribution in [3.8, 4) is 29.2 Å². The molecule has 28 heavy (non-hydrogen) atoms. The summed E-state index contributed by atoms with van der Waals surface area (Å²) in [5.41, 5.74) is 3.10. The van der Waals surface area contributed by atoms with Crippen LogP contribution < -0.4 is 0 Å². The van der Waals surface area contributed by atoms with E-state index in [-0.39, 0.29) is 18.5 Å². The lowest BCUT2D eigenvalue weighted by Crippen LogP contribution is -2.22. The zero-order valence-electron chi connectivity index (χ0n) is 16.7. The highest BCUT2D eigenvalue weighted by Crippen LogP contribution is 2.35. The zero-order chi connectivity index (χ0) is 20.5. The SMILES string of the molecule is Cc1ccc(C#Cn2cnc3nc(C)c(COC(=O)C(C)(C)C)c-3c2O)cc1. The summed E-state index contributed by atoms with van der Waals surface area (Å²) < 4.78 is 6.76. The normalized spacial score (nSPS) is 11.2. The lowest BCUT2D eigenvalue weighted by Gasteiger charge is -2.17. The Morgan fingerprint density at radius 2 is 1.89 bits per heavy atom. The number of hydrogen-bond donors (Lipinski definition) is 1. The molecule has 0 amide bonds. The molecule has 6 nitrogen and oxygen atoms in total. The number of carbonyl (C=O) groups excluding carboxylic acids is 1. The molecule has 0 saturated heterocycles. The maximum absolute atomic E-state index is 12.1. The fraction of sp³-hybridized carbons (Fsp3) is 0.318. The van der Waals surface area contributed by atoms with Crippen LogP contribution in [0.2, 0.25) is 0 Å². The molecule has 0 aliphatic carbocycles. The molecule has 2 heterocycles. The van der Waals surface area contributed by atoms with Crippen LogP contribution in [0.5, 0.6) is 5.88 Å². The van der Waals surface area contributed by atoms with E-state index in [1.807, 2.05) is 31.2 Å². The minimum atomic E-state index is -0.608. The number of ether oxygens (including phenoxy) is 1. The van der Waals surface area contributed by atoms with Crippen LogP contribution in [0.4, 0.5) is 0 Å². The van der Waals surface area contributed by atoms with E-state index in [9.17, 15) is 9.90 Å². The van der Waals surface area contributed by atoms with Crippen LogP contribution in [0.25, 0.3) is 11.4 Å². The van der Waals surface area contributed by atoms with E-state index >= 15 is 0 Å². The number of rotatable bonds is 2. The molecule has 1 aromatic rings. The predicted molar refractivity (Wildman–Crippen MR) is 106 cm³/mol. The molecule has 0 saturated carbocycles. The van der Waals surface area contributed by atoms with Gasteiger partial charge in [0, 0.05) is 22.9 Å². The second kappa shape index (κ2) is 7.35. The number of aromatic nitrogens is 3. The summed E-state index contributed by atoms with van der Waals surface area (Å²) in [7, 11) is 0. The van der Waals surface area contributed by atoms with Crippen molar-refractivity contribution in [3.63, 3.8) is 0 Å². The first kappa shape index (κ1) is 19.4. The average Bonchev–Trinajstić information content (AvgIpc) is 2.95. The molecule has 0 radical (unpaired) electrons. The van der Waals surface area contributed by atoms with Gasteiger partial charge in [-0.25, -0.2) is 14.5 Å². The van der Waals surface area contributed by atoms with E-state index in [2.05, 4.69) is 21.9 Å². The maximum atomic E-state index is 12.1. The highest BCUT2D eigenvalue weighted by Gasteiger charge is 2.27. The first-order valence-electron chi connectivity index (χ1n) is 8.98. The number of carbonyl (C=O) groups is 1. The van der Waals surface area contributed by atoms with Crippen LogP contribution >= 0.6 is 0 Å². The van der Waals surface area contributed by atoms with Gasteiger partial charge in [-0.15, -0.1) is 0 Å². The molecule has 2 aliphatic heterocycles. The van der Waals surface area contributed by atoms with E-state index in [1.54, 1.807) is 27.7 Å². The van der Waals surface area contributed by atoms with Crippen LogP contribution in [0.3, 0.4) is 0 Å². The number of nitrogens with zero attached hydrogens (tertiary/aromatic N) is 3. The summed E-state index contributed by atoms with van der Waals surface area (Å²) in [5.74, 6) is 2.99. The quantitative estimate of drug-likeness (QED) is 0.545. The van der Waals surface area contributed by atoms with Crippen molar-refractivity contribution < 1.29 is 14.6 Å². The molecule has 1 aromatic carbocycles. The molecule has 0 unspecified atom stereocenters. The van der Waals surface area contributed by atoms with Gasteiger partial charge in [0.1, 0.15) is 12.9 Å². The Morgan fingerprint density at radius 1 is 1.21 bits per heavy atom. The van der Waals surface area contributed by atoms with Gasteiger partial charge in [0.05, 0.1) is 11.0 Å². The largest absolute Gasteiger partial charge is 0.493 e. The van der Waals surface area contributed by atoms with Gasteiger partial charge in [-0.3, -0.25) is 4.79 Å². The van der Waals surface area contributed by atoms with E-state index in [0.717, 1.165) is 11.1 Å². The van der Waals surface area contributed by atoms with Crippen molar-refractivity contribution in [1.29, 1.82) is 0 Å². The Bertz CT molecular complexity index is 1050. The smallest absolute Gasteiger partial charge is 0.311 e. The third-order valence-corrected chi connectivity index (χ3v) is 4.32. The Morgan fingerprint density at radius 3 is 2.54 bits per heavy atom.